The van der Waals surface area contributed by atoms with Crippen LogP contribution in [0.3, 0.4) is 0 Å². The number of hydrogen-bond donors (Lipinski definition) is 1. The Balaban J connectivity index is 1.20. The van der Waals surface area contributed by atoms with Crippen molar-refractivity contribution in [1.29, 1.82) is 0 Å². The Labute approximate surface area is 176 Å². The molecule has 3 aromatic rings. The molecule has 156 valence electrons. The number of nitrogens with zero attached hydrogens (tertiary/aromatic N) is 2. The van der Waals surface area contributed by atoms with Gasteiger partial charge in [0.2, 0.25) is 0 Å². The zero-order valence-corrected chi connectivity index (χ0v) is 17.0. The Bertz CT molecular complexity index is 995. The number of fused-ring (bicyclic) bond motifs is 3. The molecule has 1 aliphatic heterocycles. The molecule has 0 saturated heterocycles. The fourth-order valence-corrected chi connectivity index (χ4v) is 5.08. The molecular weight excluding hydrogens is 379 g/mol. The predicted molar refractivity (Wildman–Crippen MR) is 113 cm³/mol. The minimum absolute atomic E-state index is 0.194. The number of aliphatic hydroxyl groups is 1. The summed E-state index contributed by atoms with van der Waals surface area (Å²) in [7, 11) is 0. The third-order valence-electron chi connectivity index (χ3n) is 6.72. The summed E-state index contributed by atoms with van der Waals surface area (Å²) in [6, 6.07) is 15.2. The lowest BCUT2D eigenvalue weighted by molar-refractivity contribution is -0.0160. The maximum atomic E-state index is 14.6. The van der Waals surface area contributed by atoms with Gasteiger partial charge in [-0.15, -0.1) is 0 Å². The summed E-state index contributed by atoms with van der Waals surface area (Å²) in [5.74, 6) is 0.0239. The van der Waals surface area contributed by atoms with Crippen LogP contribution >= 0.6 is 0 Å². The summed E-state index contributed by atoms with van der Waals surface area (Å²) < 4.78 is 22.7. The van der Waals surface area contributed by atoms with Gasteiger partial charge in [-0.2, -0.15) is 0 Å². The highest BCUT2D eigenvalue weighted by Gasteiger charge is 2.35. The van der Waals surface area contributed by atoms with Gasteiger partial charge in [-0.1, -0.05) is 42.5 Å². The van der Waals surface area contributed by atoms with E-state index in [4.69, 9.17) is 4.74 Å². The fourth-order valence-electron chi connectivity index (χ4n) is 5.08. The third-order valence-corrected chi connectivity index (χ3v) is 6.72. The van der Waals surface area contributed by atoms with Crippen molar-refractivity contribution >= 4 is 0 Å². The van der Waals surface area contributed by atoms with Crippen molar-refractivity contribution in [1.82, 2.24) is 9.55 Å². The zero-order chi connectivity index (χ0) is 20.5. The fraction of sp³-hybridized carbons (Fsp3) is 0.400. The lowest BCUT2D eigenvalue weighted by atomic mass is 9.81. The molecule has 4 nitrogen and oxygen atoms in total. The smallest absolute Gasteiger partial charge is 0.129 e. The Hall–Kier alpha value is -2.50. The van der Waals surface area contributed by atoms with Crippen LogP contribution in [0, 0.1) is 11.7 Å². The summed E-state index contributed by atoms with van der Waals surface area (Å²) >= 11 is 0. The summed E-state index contributed by atoms with van der Waals surface area (Å²) in [5, 5.41) is 11.0. The van der Waals surface area contributed by atoms with Gasteiger partial charge in [0.25, 0.3) is 0 Å². The van der Waals surface area contributed by atoms with Crippen LogP contribution in [0.1, 0.15) is 49.3 Å². The van der Waals surface area contributed by atoms with E-state index in [1.165, 1.54) is 11.6 Å². The topological polar surface area (TPSA) is 47.3 Å². The van der Waals surface area contributed by atoms with Gasteiger partial charge in [0.15, 0.2) is 0 Å². The van der Waals surface area contributed by atoms with Gasteiger partial charge in [-0.05, 0) is 49.7 Å². The lowest BCUT2D eigenvalue weighted by Crippen LogP contribution is -2.30. The standard InChI is InChI=1S/C25H27FN2O2/c26-21-8-4-7-20-23-14-27-16-28(23)22(25(20)21)13-24(29)18-9-11-19(12-10-18)30-15-17-5-2-1-3-6-17/h1-8,14,16,18-19,22,24,29H,9-13,15H2/t18-,19-,22?,24?. The van der Waals surface area contributed by atoms with Gasteiger partial charge < -0.3 is 14.4 Å². The van der Waals surface area contributed by atoms with Crippen LogP contribution < -0.4 is 0 Å². The Morgan fingerprint density at radius 1 is 1.07 bits per heavy atom. The van der Waals surface area contributed by atoms with Gasteiger partial charge in [-0.25, -0.2) is 9.37 Å². The number of aromatic nitrogens is 2. The quantitative estimate of drug-likeness (QED) is 0.618. The van der Waals surface area contributed by atoms with Crippen LogP contribution in [0.15, 0.2) is 61.1 Å². The lowest BCUT2D eigenvalue weighted by Gasteiger charge is -2.32. The monoisotopic (exact) mass is 406 g/mol. The van der Waals surface area contributed by atoms with Crippen molar-refractivity contribution in [3.05, 3.63) is 78.0 Å². The highest BCUT2D eigenvalue weighted by atomic mass is 19.1. The largest absolute Gasteiger partial charge is 0.393 e. The van der Waals surface area contributed by atoms with Crippen molar-refractivity contribution in [2.45, 2.75) is 57.0 Å². The maximum Gasteiger partial charge on any atom is 0.129 e. The number of imidazole rings is 1. The molecule has 2 heterocycles. The van der Waals surface area contributed by atoms with Crippen LogP contribution in [-0.2, 0) is 11.3 Å². The van der Waals surface area contributed by atoms with E-state index < -0.39 is 6.10 Å². The molecule has 5 heteroatoms. The molecule has 1 N–H and O–H groups in total. The molecule has 2 aromatic carbocycles. The SMILES string of the molecule is OC(CC1c2c(F)cccc2-c2cncn21)[C@H]1CC[C@H](OCc2ccccc2)CC1. The second-order valence-electron chi connectivity index (χ2n) is 8.54. The molecule has 5 rings (SSSR count). The van der Waals surface area contributed by atoms with E-state index >= 15 is 0 Å². The van der Waals surface area contributed by atoms with Gasteiger partial charge in [-0.3, -0.25) is 0 Å². The number of hydrogen-bond acceptors (Lipinski definition) is 3. The predicted octanol–water partition coefficient (Wildman–Crippen LogP) is 5.12. The number of aliphatic hydroxyl groups excluding tert-OH is 1. The van der Waals surface area contributed by atoms with E-state index in [2.05, 4.69) is 17.1 Å². The highest BCUT2D eigenvalue weighted by molar-refractivity contribution is 5.69. The van der Waals surface area contributed by atoms with Gasteiger partial charge in [0.1, 0.15) is 5.82 Å². The first-order chi connectivity index (χ1) is 14.7. The molecule has 0 amide bonds. The van der Waals surface area contributed by atoms with Crippen molar-refractivity contribution in [2.75, 3.05) is 0 Å². The third kappa shape index (κ3) is 3.68. The maximum absolute atomic E-state index is 14.6. The van der Waals surface area contributed by atoms with Crippen LogP contribution in [0.2, 0.25) is 0 Å². The Morgan fingerprint density at radius 2 is 1.87 bits per heavy atom. The van der Waals surface area contributed by atoms with E-state index in [9.17, 15) is 9.50 Å². The highest BCUT2D eigenvalue weighted by Crippen LogP contribution is 2.44. The molecule has 1 saturated carbocycles. The summed E-state index contributed by atoms with van der Waals surface area (Å²) in [6.07, 6.45) is 7.62. The summed E-state index contributed by atoms with van der Waals surface area (Å²) in [4.78, 5) is 4.24. The average molecular weight is 407 g/mol. The van der Waals surface area contributed by atoms with Gasteiger partial charge >= 0.3 is 0 Å². The van der Waals surface area contributed by atoms with Crippen molar-refractivity contribution in [3.63, 3.8) is 0 Å². The van der Waals surface area contributed by atoms with E-state index in [0.29, 0.717) is 18.6 Å². The summed E-state index contributed by atoms with van der Waals surface area (Å²) in [6.45, 7) is 0.639. The number of benzene rings is 2. The minimum atomic E-state index is -0.467. The first-order valence-corrected chi connectivity index (χ1v) is 10.8. The molecule has 2 aliphatic rings. The molecule has 2 unspecified atom stereocenters. The van der Waals surface area contributed by atoms with E-state index in [1.54, 1.807) is 18.6 Å². The van der Waals surface area contributed by atoms with E-state index in [-0.39, 0.29) is 23.9 Å². The number of ether oxygens (including phenoxy) is 1. The van der Waals surface area contributed by atoms with Crippen LogP contribution in [0.5, 0.6) is 0 Å². The number of halogens is 1. The van der Waals surface area contributed by atoms with Crippen molar-refractivity contribution in [2.24, 2.45) is 5.92 Å². The minimum Gasteiger partial charge on any atom is -0.393 e. The van der Waals surface area contributed by atoms with Crippen molar-refractivity contribution in [3.8, 4) is 11.3 Å². The van der Waals surface area contributed by atoms with Gasteiger partial charge in [0.05, 0.1) is 43.1 Å². The molecule has 0 spiro atoms. The first-order valence-electron chi connectivity index (χ1n) is 10.8. The molecule has 2 atom stereocenters. The molecule has 30 heavy (non-hydrogen) atoms. The Kier molecular flexibility index (Phi) is 5.40. The second kappa shape index (κ2) is 8.32. The molecule has 1 aromatic heterocycles. The van der Waals surface area contributed by atoms with Gasteiger partial charge in [0, 0.05) is 11.1 Å². The van der Waals surface area contributed by atoms with E-state index in [0.717, 1.165) is 36.9 Å². The van der Waals surface area contributed by atoms with Crippen molar-refractivity contribution < 1.29 is 14.2 Å². The first kappa shape index (κ1) is 19.5. The molecule has 0 bridgehead atoms. The Morgan fingerprint density at radius 3 is 2.67 bits per heavy atom. The second-order valence-corrected chi connectivity index (χ2v) is 8.54. The number of rotatable bonds is 6. The molecular formula is C25H27FN2O2. The van der Waals surface area contributed by atoms with Crippen LogP contribution in [-0.4, -0.2) is 26.9 Å². The molecule has 1 fully saturated rings. The molecule has 0 radical (unpaired) electrons. The van der Waals surface area contributed by atoms with Crippen LogP contribution in [0.4, 0.5) is 4.39 Å². The normalized spacial score (nSPS) is 23.7. The van der Waals surface area contributed by atoms with Crippen LogP contribution in [0.25, 0.3) is 11.3 Å². The zero-order valence-electron chi connectivity index (χ0n) is 17.0. The summed E-state index contributed by atoms with van der Waals surface area (Å²) in [5.41, 5.74) is 3.70. The average Bonchev–Trinajstić information content (AvgIpc) is 3.37. The molecule has 1 aliphatic carbocycles. The van der Waals surface area contributed by atoms with E-state index in [1.807, 2.05) is 28.8 Å².